The van der Waals surface area contributed by atoms with Crippen LogP contribution in [0.15, 0.2) is 77.5 Å². The van der Waals surface area contributed by atoms with Crippen molar-refractivity contribution in [3.8, 4) is 0 Å². The summed E-state index contributed by atoms with van der Waals surface area (Å²) in [6, 6.07) is 18.2. The molecule has 4 aromatic rings. The van der Waals surface area contributed by atoms with Gasteiger partial charge in [-0.25, -0.2) is 0 Å². The van der Waals surface area contributed by atoms with Crippen molar-refractivity contribution >= 4 is 34.1 Å². The van der Waals surface area contributed by atoms with Gasteiger partial charge in [-0.15, -0.1) is 0 Å². The number of rotatable bonds is 7. The number of H-pyrrole nitrogens is 1. The molecular formula is C26H27N3O3. The Morgan fingerprint density at radius 3 is 2.62 bits per heavy atom. The Kier molecular flexibility index (Phi) is 6.12. The topological polar surface area (TPSA) is 78.3 Å². The number of nitrogens with one attached hydrogen (secondary N) is 2. The molecule has 2 heterocycles. The Bertz CT molecular complexity index is 1220. The molecule has 1 atom stereocenters. The first-order valence-electron chi connectivity index (χ1n) is 10.8. The molecule has 0 radical (unpaired) electrons. The van der Waals surface area contributed by atoms with E-state index >= 15 is 0 Å². The maximum Gasteiger partial charge on any atom is 0.291 e. The van der Waals surface area contributed by atoms with Gasteiger partial charge in [-0.05, 0) is 73.9 Å². The molecule has 0 aliphatic rings. The summed E-state index contributed by atoms with van der Waals surface area (Å²) in [5, 5.41) is 3.85. The van der Waals surface area contributed by atoms with Gasteiger partial charge in [0.15, 0.2) is 5.76 Å². The highest BCUT2D eigenvalue weighted by atomic mass is 16.3. The second-order valence-corrected chi connectivity index (χ2v) is 8.42. The zero-order valence-electron chi connectivity index (χ0n) is 18.5. The highest BCUT2D eigenvalue weighted by Crippen LogP contribution is 2.27. The second-order valence-electron chi connectivity index (χ2n) is 8.42. The molecule has 32 heavy (non-hydrogen) atoms. The van der Waals surface area contributed by atoms with E-state index in [4.69, 9.17) is 4.42 Å². The van der Waals surface area contributed by atoms with Gasteiger partial charge in [-0.2, -0.15) is 0 Å². The SMILES string of the molecule is CC(C)CC(C)N(C(=O)c1cccc(NC(=O)c2ccco2)c1)c1ccc2[nH]ccc2c1. The predicted molar refractivity (Wildman–Crippen MR) is 127 cm³/mol. The first-order chi connectivity index (χ1) is 15.4. The van der Waals surface area contributed by atoms with Crippen molar-refractivity contribution in [1.82, 2.24) is 4.98 Å². The molecule has 0 saturated heterocycles. The van der Waals surface area contributed by atoms with Crippen molar-refractivity contribution in [2.24, 2.45) is 5.92 Å². The average Bonchev–Trinajstić information content (AvgIpc) is 3.45. The molecule has 2 amide bonds. The van der Waals surface area contributed by atoms with Crippen LogP contribution in [0.2, 0.25) is 0 Å². The van der Waals surface area contributed by atoms with Gasteiger partial charge in [0.25, 0.3) is 11.8 Å². The Morgan fingerprint density at radius 1 is 1.03 bits per heavy atom. The maximum absolute atomic E-state index is 13.7. The van der Waals surface area contributed by atoms with Crippen LogP contribution in [0.4, 0.5) is 11.4 Å². The van der Waals surface area contributed by atoms with Crippen LogP contribution >= 0.6 is 0 Å². The van der Waals surface area contributed by atoms with Gasteiger partial charge in [0.05, 0.1) is 6.26 Å². The fourth-order valence-electron chi connectivity index (χ4n) is 4.02. The van der Waals surface area contributed by atoms with Crippen LogP contribution < -0.4 is 10.2 Å². The van der Waals surface area contributed by atoms with E-state index in [-0.39, 0.29) is 23.6 Å². The number of aromatic nitrogens is 1. The van der Waals surface area contributed by atoms with Crippen LogP contribution in [0.3, 0.4) is 0 Å². The first kappa shape index (κ1) is 21.4. The summed E-state index contributed by atoms with van der Waals surface area (Å²) in [5.74, 6) is 0.189. The Balaban J connectivity index is 1.65. The molecule has 0 aliphatic carbocycles. The monoisotopic (exact) mass is 429 g/mol. The highest BCUT2D eigenvalue weighted by molar-refractivity contribution is 6.09. The number of furan rings is 1. The zero-order chi connectivity index (χ0) is 22.7. The lowest BCUT2D eigenvalue weighted by atomic mass is 10.0. The summed E-state index contributed by atoms with van der Waals surface area (Å²) in [6.45, 7) is 6.38. The number of amides is 2. The van der Waals surface area contributed by atoms with Crippen LogP contribution in [0, 0.1) is 5.92 Å². The number of fused-ring (bicyclic) bond motifs is 1. The summed E-state index contributed by atoms with van der Waals surface area (Å²) >= 11 is 0. The summed E-state index contributed by atoms with van der Waals surface area (Å²) < 4.78 is 5.15. The number of hydrogen-bond acceptors (Lipinski definition) is 3. The minimum absolute atomic E-state index is 0.000239. The van der Waals surface area contributed by atoms with Crippen LogP contribution in [0.1, 0.15) is 48.1 Å². The lowest BCUT2D eigenvalue weighted by Crippen LogP contribution is -2.39. The molecule has 6 nitrogen and oxygen atoms in total. The maximum atomic E-state index is 13.7. The number of carbonyl (C=O) groups excluding carboxylic acids is 2. The zero-order valence-corrected chi connectivity index (χ0v) is 18.5. The van der Waals surface area contributed by atoms with E-state index in [9.17, 15) is 9.59 Å². The van der Waals surface area contributed by atoms with E-state index < -0.39 is 0 Å². The van der Waals surface area contributed by atoms with E-state index in [1.54, 1.807) is 36.4 Å². The summed E-state index contributed by atoms with van der Waals surface area (Å²) in [7, 11) is 0. The molecule has 164 valence electrons. The summed E-state index contributed by atoms with van der Waals surface area (Å²) in [5.41, 5.74) is 2.92. The minimum atomic E-state index is -0.359. The third-order valence-corrected chi connectivity index (χ3v) is 5.40. The van der Waals surface area contributed by atoms with Gasteiger partial charge >= 0.3 is 0 Å². The molecule has 2 N–H and O–H groups in total. The van der Waals surface area contributed by atoms with Gasteiger partial charge in [-0.1, -0.05) is 19.9 Å². The minimum Gasteiger partial charge on any atom is -0.459 e. The van der Waals surface area contributed by atoms with Crippen molar-refractivity contribution in [3.63, 3.8) is 0 Å². The molecule has 0 spiro atoms. The molecule has 0 fully saturated rings. The Hall–Kier alpha value is -3.80. The number of carbonyl (C=O) groups is 2. The van der Waals surface area contributed by atoms with Crippen LogP contribution in [0.25, 0.3) is 10.9 Å². The highest BCUT2D eigenvalue weighted by Gasteiger charge is 2.25. The van der Waals surface area contributed by atoms with Crippen molar-refractivity contribution in [2.75, 3.05) is 10.2 Å². The predicted octanol–water partition coefficient (Wildman–Crippen LogP) is 6.09. The van der Waals surface area contributed by atoms with E-state index in [0.29, 0.717) is 17.2 Å². The molecule has 6 heteroatoms. The molecule has 0 aliphatic heterocycles. The van der Waals surface area contributed by atoms with E-state index in [2.05, 4.69) is 31.1 Å². The molecule has 4 rings (SSSR count). The molecule has 2 aromatic carbocycles. The van der Waals surface area contributed by atoms with E-state index in [1.165, 1.54) is 6.26 Å². The standard InChI is InChI=1S/C26H27N3O3/c1-17(2)14-18(3)29(22-9-10-23-19(16-22)11-12-27-23)26(31)20-6-4-7-21(15-20)28-25(30)24-8-5-13-32-24/h4-13,15-18,27H,14H2,1-3H3,(H,28,30). The molecule has 0 bridgehead atoms. The van der Waals surface area contributed by atoms with E-state index in [1.807, 2.05) is 35.4 Å². The largest absolute Gasteiger partial charge is 0.459 e. The molecule has 1 unspecified atom stereocenters. The number of benzene rings is 2. The fourth-order valence-corrected chi connectivity index (χ4v) is 4.02. The molecular weight excluding hydrogens is 402 g/mol. The lowest BCUT2D eigenvalue weighted by molar-refractivity contribution is 0.0972. The van der Waals surface area contributed by atoms with E-state index in [0.717, 1.165) is 23.0 Å². The first-order valence-corrected chi connectivity index (χ1v) is 10.8. The Morgan fingerprint density at radius 2 is 1.88 bits per heavy atom. The average molecular weight is 430 g/mol. The smallest absolute Gasteiger partial charge is 0.291 e. The number of nitrogens with zero attached hydrogens (tertiary/aromatic N) is 1. The Labute approximate surface area is 187 Å². The number of anilines is 2. The number of aromatic amines is 1. The normalized spacial score (nSPS) is 12.1. The molecule has 0 saturated carbocycles. The van der Waals surface area contributed by atoms with Gasteiger partial charge in [0.1, 0.15) is 0 Å². The third-order valence-electron chi connectivity index (χ3n) is 5.40. The summed E-state index contributed by atoms with van der Waals surface area (Å²) in [4.78, 5) is 31.1. The second kappa shape index (κ2) is 9.14. The summed E-state index contributed by atoms with van der Waals surface area (Å²) in [6.07, 6.45) is 4.21. The quantitative estimate of drug-likeness (QED) is 0.373. The van der Waals surface area contributed by atoms with Crippen molar-refractivity contribution in [1.29, 1.82) is 0 Å². The fraction of sp³-hybridized carbons (Fsp3) is 0.231. The van der Waals surface area contributed by atoms with Crippen LogP contribution in [-0.2, 0) is 0 Å². The van der Waals surface area contributed by atoms with Crippen molar-refractivity contribution in [2.45, 2.75) is 33.2 Å². The number of hydrogen-bond donors (Lipinski definition) is 2. The van der Waals surface area contributed by atoms with Crippen LogP contribution in [-0.4, -0.2) is 22.8 Å². The third kappa shape index (κ3) is 4.59. The van der Waals surface area contributed by atoms with Gasteiger partial charge in [-0.3, -0.25) is 9.59 Å². The van der Waals surface area contributed by atoms with Crippen LogP contribution in [0.5, 0.6) is 0 Å². The van der Waals surface area contributed by atoms with Gasteiger partial charge in [0, 0.05) is 40.1 Å². The lowest BCUT2D eigenvalue weighted by Gasteiger charge is -2.31. The van der Waals surface area contributed by atoms with Gasteiger partial charge < -0.3 is 19.6 Å². The van der Waals surface area contributed by atoms with Crippen molar-refractivity contribution < 1.29 is 14.0 Å². The van der Waals surface area contributed by atoms with Crippen molar-refractivity contribution in [3.05, 3.63) is 84.4 Å². The molecule has 2 aromatic heterocycles. The van der Waals surface area contributed by atoms with Gasteiger partial charge in [0.2, 0.25) is 0 Å².